The highest BCUT2D eigenvalue weighted by Gasteiger charge is 2.13. The molecule has 1 unspecified atom stereocenters. The van der Waals surface area contributed by atoms with Crippen molar-refractivity contribution in [2.24, 2.45) is 11.5 Å². The number of hydrogen-bond acceptors (Lipinski definition) is 3. The van der Waals surface area contributed by atoms with E-state index in [-0.39, 0.29) is 5.91 Å². The van der Waals surface area contributed by atoms with Gasteiger partial charge in [0.25, 0.3) is 0 Å². The van der Waals surface area contributed by atoms with Crippen molar-refractivity contribution >= 4 is 11.6 Å². The van der Waals surface area contributed by atoms with E-state index >= 15 is 0 Å². The van der Waals surface area contributed by atoms with Crippen molar-refractivity contribution in [3.8, 4) is 23.7 Å². The second-order valence-corrected chi connectivity index (χ2v) is 7.41. The smallest absolute Gasteiger partial charge is 0.241 e. The Labute approximate surface area is 190 Å². The van der Waals surface area contributed by atoms with Crippen LogP contribution in [0.15, 0.2) is 78.9 Å². The Morgan fingerprint density at radius 3 is 1.75 bits per heavy atom. The largest absolute Gasteiger partial charge is 0.330 e. The van der Waals surface area contributed by atoms with Gasteiger partial charge in [-0.15, -0.1) is 0 Å². The van der Waals surface area contributed by atoms with Crippen molar-refractivity contribution in [1.29, 1.82) is 0 Å². The van der Waals surface area contributed by atoms with Gasteiger partial charge in [0.2, 0.25) is 5.91 Å². The number of carbonyl (C=O) groups excluding carboxylic acids is 1. The van der Waals surface area contributed by atoms with Crippen molar-refractivity contribution in [1.82, 2.24) is 0 Å². The van der Waals surface area contributed by atoms with Gasteiger partial charge >= 0.3 is 0 Å². The van der Waals surface area contributed by atoms with E-state index in [0.717, 1.165) is 35.1 Å². The van der Waals surface area contributed by atoms with Gasteiger partial charge in [0.15, 0.2) is 0 Å². The standard InChI is InChI=1S/C28H27N3O/c29-18-8-7-13-27(30)28(32)31-26-20-24(16-14-22-9-3-1-4-10-22)19-25(21-26)17-15-23-11-5-2-6-12-23/h1-6,9-12,19-21,27H,7-8,13,18,29-30H2,(H,31,32). The normalized spacial score (nSPS) is 10.8. The summed E-state index contributed by atoms with van der Waals surface area (Å²) in [6.45, 7) is 0.597. The molecular weight excluding hydrogens is 394 g/mol. The van der Waals surface area contributed by atoms with Gasteiger partial charge in [-0.05, 0) is 61.9 Å². The van der Waals surface area contributed by atoms with E-state index in [1.807, 2.05) is 78.9 Å². The number of anilines is 1. The topological polar surface area (TPSA) is 81.1 Å². The molecule has 0 aliphatic carbocycles. The van der Waals surface area contributed by atoms with Crippen LogP contribution in [0.4, 0.5) is 5.69 Å². The molecule has 0 heterocycles. The molecule has 0 aliphatic heterocycles. The summed E-state index contributed by atoms with van der Waals surface area (Å²) in [5.74, 6) is 12.4. The van der Waals surface area contributed by atoms with Crippen LogP contribution in [0, 0.1) is 23.7 Å². The Hall–Kier alpha value is -3.83. The van der Waals surface area contributed by atoms with Crippen molar-refractivity contribution in [2.75, 3.05) is 11.9 Å². The molecule has 0 saturated carbocycles. The van der Waals surface area contributed by atoms with Crippen LogP contribution >= 0.6 is 0 Å². The van der Waals surface area contributed by atoms with Gasteiger partial charge in [0.1, 0.15) is 0 Å². The molecule has 0 spiro atoms. The minimum Gasteiger partial charge on any atom is -0.330 e. The molecule has 5 N–H and O–H groups in total. The first-order chi connectivity index (χ1) is 15.6. The minimum atomic E-state index is -0.584. The molecule has 4 heteroatoms. The first-order valence-corrected chi connectivity index (χ1v) is 10.7. The van der Waals surface area contributed by atoms with Crippen molar-refractivity contribution in [3.05, 3.63) is 101 Å². The molecular formula is C28H27N3O. The first kappa shape index (κ1) is 22.8. The number of rotatable bonds is 6. The monoisotopic (exact) mass is 421 g/mol. The molecule has 3 aromatic rings. The van der Waals surface area contributed by atoms with E-state index in [4.69, 9.17) is 11.5 Å². The Bertz CT molecular complexity index is 1070. The summed E-state index contributed by atoms with van der Waals surface area (Å²) in [4.78, 5) is 12.5. The zero-order chi connectivity index (χ0) is 22.6. The van der Waals surface area contributed by atoms with Crippen molar-refractivity contribution in [2.45, 2.75) is 25.3 Å². The molecule has 0 aromatic heterocycles. The van der Waals surface area contributed by atoms with Crippen molar-refractivity contribution < 1.29 is 4.79 Å². The molecule has 0 aliphatic rings. The highest BCUT2D eigenvalue weighted by molar-refractivity contribution is 5.95. The van der Waals surface area contributed by atoms with E-state index < -0.39 is 6.04 Å². The average molecular weight is 422 g/mol. The lowest BCUT2D eigenvalue weighted by molar-refractivity contribution is -0.117. The molecule has 0 radical (unpaired) electrons. The maximum absolute atomic E-state index is 12.5. The van der Waals surface area contributed by atoms with Gasteiger partial charge in [0, 0.05) is 27.9 Å². The fourth-order valence-corrected chi connectivity index (χ4v) is 3.05. The second-order valence-electron chi connectivity index (χ2n) is 7.41. The van der Waals surface area contributed by atoms with Crippen LogP contribution in [0.2, 0.25) is 0 Å². The lowest BCUT2D eigenvalue weighted by Gasteiger charge is -2.12. The minimum absolute atomic E-state index is 0.225. The highest BCUT2D eigenvalue weighted by Crippen LogP contribution is 2.16. The Kier molecular flexibility index (Phi) is 8.66. The second kappa shape index (κ2) is 12.1. The van der Waals surface area contributed by atoms with Gasteiger partial charge in [-0.2, -0.15) is 0 Å². The first-order valence-electron chi connectivity index (χ1n) is 10.7. The molecule has 1 amide bonds. The third-order valence-electron chi connectivity index (χ3n) is 4.76. The summed E-state index contributed by atoms with van der Waals surface area (Å²) in [5, 5.41) is 2.92. The lowest BCUT2D eigenvalue weighted by atomic mass is 10.1. The zero-order valence-electron chi connectivity index (χ0n) is 18.0. The predicted octanol–water partition coefficient (Wildman–Crippen LogP) is 3.88. The van der Waals surface area contributed by atoms with Crippen LogP contribution < -0.4 is 16.8 Å². The van der Waals surface area contributed by atoms with Crippen LogP contribution in [-0.4, -0.2) is 18.5 Å². The number of benzene rings is 3. The summed E-state index contributed by atoms with van der Waals surface area (Å²) in [5.41, 5.74) is 15.6. The van der Waals surface area contributed by atoms with Gasteiger partial charge < -0.3 is 16.8 Å². The molecule has 0 fully saturated rings. The molecule has 4 nitrogen and oxygen atoms in total. The van der Waals surface area contributed by atoms with E-state index in [9.17, 15) is 4.79 Å². The summed E-state index contributed by atoms with van der Waals surface area (Å²) in [7, 11) is 0. The number of nitrogens with two attached hydrogens (primary N) is 2. The molecule has 3 aromatic carbocycles. The maximum atomic E-state index is 12.5. The van der Waals surface area contributed by atoms with Gasteiger partial charge in [-0.3, -0.25) is 4.79 Å². The lowest BCUT2D eigenvalue weighted by Crippen LogP contribution is -2.35. The fourth-order valence-electron chi connectivity index (χ4n) is 3.05. The van der Waals surface area contributed by atoms with Gasteiger partial charge in [-0.1, -0.05) is 66.5 Å². The zero-order valence-corrected chi connectivity index (χ0v) is 18.0. The fraction of sp³-hybridized carbons (Fsp3) is 0.179. The number of amides is 1. The molecule has 1 atom stereocenters. The molecule has 160 valence electrons. The SMILES string of the molecule is NCCCCC(N)C(=O)Nc1cc(C#Cc2ccccc2)cc(C#Cc2ccccc2)c1. The molecule has 32 heavy (non-hydrogen) atoms. The summed E-state index contributed by atoms with van der Waals surface area (Å²) >= 11 is 0. The average Bonchev–Trinajstić information content (AvgIpc) is 2.83. The van der Waals surface area contributed by atoms with E-state index in [0.29, 0.717) is 18.7 Å². The number of carbonyl (C=O) groups is 1. The van der Waals surface area contributed by atoms with Crippen LogP contribution in [0.5, 0.6) is 0 Å². The number of nitrogens with one attached hydrogen (secondary N) is 1. The molecule has 0 bridgehead atoms. The predicted molar refractivity (Wildman–Crippen MR) is 131 cm³/mol. The van der Waals surface area contributed by atoms with Gasteiger partial charge in [-0.25, -0.2) is 0 Å². The Morgan fingerprint density at radius 1 is 0.750 bits per heavy atom. The third-order valence-corrected chi connectivity index (χ3v) is 4.76. The van der Waals surface area contributed by atoms with Crippen LogP contribution in [0.3, 0.4) is 0 Å². The van der Waals surface area contributed by atoms with Crippen LogP contribution in [-0.2, 0) is 4.79 Å². The van der Waals surface area contributed by atoms with Crippen LogP contribution in [0.25, 0.3) is 0 Å². The van der Waals surface area contributed by atoms with E-state index in [2.05, 4.69) is 29.0 Å². The maximum Gasteiger partial charge on any atom is 0.241 e. The summed E-state index contributed by atoms with van der Waals surface area (Å²) < 4.78 is 0. The number of hydrogen-bond donors (Lipinski definition) is 3. The Morgan fingerprint density at radius 2 is 1.25 bits per heavy atom. The van der Waals surface area contributed by atoms with Crippen molar-refractivity contribution in [3.63, 3.8) is 0 Å². The van der Waals surface area contributed by atoms with E-state index in [1.165, 1.54) is 0 Å². The van der Waals surface area contributed by atoms with Crippen LogP contribution in [0.1, 0.15) is 41.5 Å². The highest BCUT2D eigenvalue weighted by atomic mass is 16.2. The number of unbranched alkanes of at least 4 members (excludes halogenated alkanes) is 1. The summed E-state index contributed by atoms with van der Waals surface area (Å²) in [6, 6.07) is 24.5. The summed E-state index contributed by atoms with van der Waals surface area (Å²) in [6.07, 6.45) is 2.27. The molecule has 3 rings (SSSR count). The third kappa shape index (κ3) is 7.45. The van der Waals surface area contributed by atoms with E-state index in [1.54, 1.807) is 0 Å². The van der Waals surface area contributed by atoms with Gasteiger partial charge in [0.05, 0.1) is 6.04 Å². The molecule has 0 saturated heterocycles. The quantitative estimate of drug-likeness (QED) is 0.417. The Balaban J connectivity index is 1.86.